The van der Waals surface area contributed by atoms with Crippen LogP contribution in [0.3, 0.4) is 0 Å². The van der Waals surface area contributed by atoms with Crippen molar-refractivity contribution < 1.29 is 29.6 Å². The molecule has 0 unspecified atom stereocenters. The highest BCUT2D eigenvalue weighted by atomic mass is 16.9. The highest BCUT2D eigenvalue weighted by Crippen LogP contribution is 2.41. The molecule has 11 heteroatoms. The van der Waals surface area contributed by atoms with Crippen molar-refractivity contribution >= 4 is 11.6 Å². The number of ether oxygens (including phenoxy) is 3. The number of nitrogens with two attached hydrogens (primary N) is 2. The van der Waals surface area contributed by atoms with Crippen LogP contribution in [0, 0.1) is 10.1 Å². The minimum absolute atomic E-state index is 0.0665. The molecule has 0 saturated carbocycles. The maximum atomic E-state index is 8.77. The summed E-state index contributed by atoms with van der Waals surface area (Å²) in [6.07, 6.45) is 0. The van der Waals surface area contributed by atoms with Crippen molar-refractivity contribution in [2.45, 2.75) is 0 Å². The van der Waals surface area contributed by atoms with E-state index in [1.807, 2.05) is 0 Å². The second kappa shape index (κ2) is 9.88. The number of hydrogen-bond donors (Lipinski definition) is 4. The van der Waals surface area contributed by atoms with Crippen LogP contribution >= 0.6 is 0 Å². The Labute approximate surface area is 125 Å². The molecule has 0 aliphatic heterocycles. The lowest BCUT2D eigenvalue weighted by Gasteiger charge is -2.14. The first-order valence-corrected chi connectivity index (χ1v) is 5.78. The number of methoxy groups -OCH3 is 2. The van der Waals surface area contributed by atoms with Gasteiger partial charge in [-0.3, -0.25) is 0 Å². The summed E-state index contributed by atoms with van der Waals surface area (Å²) in [6, 6.07) is 3.21. The largest absolute Gasteiger partial charge is 0.493 e. The van der Waals surface area contributed by atoms with Crippen LogP contribution in [-0.4, -0.2) is 48.8 Å². The number of benzene rings is 1. The van der Waals surface area contributed by atoms with E-state index < -0.39 is 5.09 Å². The summed E-state index contributed by atoms with van der Waals surface area (Å²) < 4.78 is 15.7. The number of aliphatic imine (C=N–C) groups is 1. The summed E-state index contributed by atoms with van der Waals surface area (Å²) in [5.41, 5.74) is 11.1. The normalized spacial score (nSPS) is 9.05. The van der Waals surface area contributed by atoms with Crippen LogP contribution in [0.25, 0.3) is 0 Å². The van der Waals surface area contributed by atoms with E-state index >= 15 is 0 Å². The fourth-order valence-corrected chi connectivity index (χ4v) is 1.37. The fourth-order valence-electron chi connectivity index (χ4n) is 1.37. The van der Waals surface area contributed by atoms with Crippen LogP contribution in [0.4, 0.5) is 5.69 Å². The Kier molecular flexibility index (Phi) is 8.55. The number of guanidine groups is 1. The summed E-state index contributed by atoms with van der Waals surface area (Å²) >= 11 is 0. The van der Waals surface area contributed by atoms with Crippen molar-refractivity contribution in [2.75, 3.05) is 27.4 Å². The first kappa shape index (κ1) is 19.0. The number of nitrogens with zero attached hydrogens (tertiary/aromatic N) is 2. The van der Waals surface area contributed by atoms with Gasteiger partial charge in [0.15, 0.2) is 17.5 Å². The Morgan fingerprint density at radius 1 is 1.32 bits per heavy atom. The molecule has 6 N–H and O–H groups in total. The van der Waals surface area contributed by atoms with E-state index in [2.05, 4.69) is 4.99 Å². The molecule has 1 rings (SSSR count). The zero-order chi connectivity index (χ0) is 17.1. The van der Waals surface area contributed by atoms with Crippen molar-refractivity contribution in [3.63, 3.8) is 0 Å². The summed E-state index contributed by atoms with van der Waals surface area (Å²) in [5.74, 6) is 1.16. The molecule has 1 aromatic rings. The number of rotatable bonds is 6. The van der Waals surface area contributed by atoms with Crippen LogP contribution in [0.15, 0.2) is 17.1 Å². The lowest BCUT2D eigenvalue weighted by atomic mass is 10.2. The van der Waals surface area contributed by atoms with Gasteiger partial charge in [-0.05, 0) is 0 Å². The molecule has 124 valence electrons. The summed E-state index contributed by atoms with van der Waals surface area (Å²) in [5, 5.41) is 22.4. The van der Waals surface area contributed by atoms with E-state index in [4.69, 9.17) is 46.1 Å². The van der Waals surface area contributed by atoms with E-state index in [9.17, 15) is 0 Å². The third kappa shape index (κ3) is 7.00. The SMILES string of the molecule is COc1cc(N=C(N)N)cc(OC)c1OCCO.O=[N+]([O-])O. The lowest BCUT2D eigenvalue weighted by Crippen LogP contribution is -2.21. The van der Waals surface area contributed by atoms with Crippen molar-refractivity contribution in [3.05, 3.63) is 22.2 Å². The standard InChI is InChI=1S/C11H17N3O4.HNO3/c1-16-8-5-7(14-11(12)13)6-9(17-2)10(8)18-4-3-15;2-1(3)4/h5-6,15H,3-4H2,1-2H3,(H4,12,13,14);(H,2,3,4). The molecule has 0 aliphatic rings. The predicted octanol–water partition coefficient (Wildman–Crippen LogP) is -0.368. The predicted molar refractivity (Wildman–Crippen MR) is 76.4 cm³/mol. The minimum Gasteiger partial charge on any atom is -0.493 e. The molecular formula is C11H18N4O7. The van der Waals surface area contributed by atoms with Gasteiger partial charge < -0.3 is 36.0 Å². The second-order valence-corrected chi connectivity index (χ2v) is 3.53. The van der Waals surface area contributed by atoms with E-state index in [0.29, 0.717) is 22.9 Å². The van der Waals surface area contributed by atoms with Crippen molar-refractivity contribution in [3.8, 4) is 17.2 Å². The molecule has 0 fully saturated rings. The average molecular weight is 318 g/mol. The number of aliphatic hydroxyl groups excluding tert-OH is 1. The molecule has 0 aromatic heterocycles. The average Bonchev–Trinajstić information content (AvgIpc) is 2.43. The van der Waals surface area contributed by atoms with Crippen LogP contribution in [0.5, 0.6) is 17.2 Å². The third-order valence-electron chi connectivity index (χ3n) is 2.04. The molecule has 0 radical (unpaired) electrons. The van der Waals surface area contributed by atoms with Crippen LogP contribution in [0.1, 0.15) is 0 Å². The van der Waals surface area contributed by atoms with Gasteiger partial charge in [-0.25, -0.2) is 4.99 Å². The number of aliphatic hydroxyl groups is 1. The zero-order valence-electron chi connectivity index (χ0n) is 12.1. The van der Waals surface area contributed by atoms with Gasteiger partial charge in [-0.15, -0.1) is 10.1 Å². The van der Waals surface area contributed by atoms with Gasteiger partial charge in [0, 0.05) is 12.1 Å². The molecule has 11 nitrogen and oxygen atoms in total. The molecule has 0 atom stereocenters. The first-order chi connectivity index (χ1) is 10.3. The smallest absolute Gasteiger partial charge is 0.291 e. The van der Waals surface area contributed by atoms with Crippen molar-refractivity contribution in [1.82, 2.24) is 0 Å². The molecule has 1 aromatic carbocycles. The minimum atomic E-state index is -1.50. The summed E-state index contributed by atoms with van der Waals surface area (Å²) in [7, 11) is 2.97. The molecule has 0 heterocycles. The van der Waals surface area contributed by atoms with E-state index in [-0.39, 0.29) is 19.2 Å². The molecule has 0 amide bonds. The Bertz CT molecular complexity index is 488. The van der Waals surface area contributed by atoms with Crippen molar-refractivity contribution in [2.24, 2.45) is 16.5 Å². The Morgan fingerprint density at radius 2 is 1.77 bits per heavy atom. The summed E-state index contributed by atoms with van der Waals surface area (Å²) in [6.45, 7) is 0.0241. The Morgan fingerprint density at radius 3 is 2.09 bits per heavy atom. The molecule has 0 spiro atoms. The highest BCUT2D eigenvalue weighted by molar-refractivity contribution is 5.79. The van der Waals surface area contributed by atoms with Gasteiger partial charge >= 0.3 is 0 Å². The maximum Gasteiger partial charge on any atom is 0.291 e. The van der Waals surface area contributed by atoms with Crippen LogP contribution < -0.4 is 25.7 Å². The van der Waals surface area contributed by atoms with Gasteiger partial charge in [0.25, 0.3) is 5.09 Å². The molecule has 0 saturated heterocycles. The van der Waals surface area contributed by atoms with E-state index in [0.717, 1.165) is 0 Å². The first-order valence-electron chi connectivity index (χ1n) is 5.78. The third-order valence-corrected chi connectivity index (χ3v) is 2.04. The lowest BCUT2D eigenvalue weighted by molar-refractivity contribution is -0.742. The monoisotopic (exact) mass is 318 g/mol. The number of hydrogen-bond acceptors (Lipinski definition) is 7. The van der Waals surface area contributed by atoms with Crippen molar-refractivity contribution in [1.29, 1.82) is 0 Å². The van der Waals surface area contributed by atoms with E-state index in [1.54, 1.807) is 12.1 Å². The maximum absolute atomic E-state index is 8.77. The quantitative estimate of drug-likeness (QED) is 0.236. The highest BCUT2D eigenvalue weighted by Gasteiger charge is 2.14. The molecule has 0 aliphatic carbocycles. The topological polar surface area (TPSA) is 176 Å². The Balaban J connectivity index is 0.000000980. The van der Waals surface area contributed by atoms with Crippen LogP contribution in [-0.2, 0) is 0 Å². The van der Waals surface area contributed by atoms with Gasteiger partial charge in [0.05, 0.1) is 26.5 Å². The van der Waals surface area contributed by atoms with Gasteiger partial charge in [0.2, 0.25) is 5.75 Å². The second-order valence-electron chi connectivity index (χ2n) is 3.53. The summed E-state index contributed by atoms with van der Waals surface area (Å²) in [4.78, 5) is 12.3. The van der Waals surface area contributed by atoms with Crippen LogP contribution in [0.2, 0.25) is 0 Å². The van der Waals surface area contributed by atoms with Gasteiger partial charge in [-0.1, -0.05) is 0 Å². The van der Waals surface area contributed by atoms with Gasteiger partial charge in [-0.2, -0.15) is 0 Å². The van der Waals surface area contributed by atoms with E-state index in [1.165, 1.54) is 14.2 Å². The fraction of sp³-hybridized carbons (Fsp3) is 0.364. The van der Waals surface area contributed by atoms with Gasteiger partial charge in [0.1, 0.15) is 6.61 Å². The molecule has 22 heavy (non-hydrogen) atoms. The Hall–Kier alpha value is -2.95. The molecule has 0 bridgehead atoms. The zero-order valence-corrected chi connectivity index (χ0v) is 12.1. The molecular weight excluding hydrogens is 300 g/mol.